The second kappa shape index (κ2) is 8.02. The summed E-state index contributed by atoms with van der Waals surface area (Å²) in [6.07, 6.45) is 0.781. The maximum Gasteiger partial charge on any atom is 0.283 e. The average Bonchev–Trinajstić information content (AvgIpc) is 2.94. The number of nitrogens with one attached hydrogen (secondary N) is 1. The van der Waals surface area contributed by atoms with Crippen molar-refractivity contribution in [3.8, 4) is 0 Å². The number of amides is 1. The number of fused-ring (bicyclic) bond motifs is 1. The molecule has 0 atom stereocenters. The first-order chi connectivity index (χ1) is 12.5. The van der Waals surface area contributed by atoms with Gasteiger partial charge in [-0.3, -0.25) is 4.79 Å². The third-order valence-corrected chi connectivity index (χ3v) is 5.65. The minimum Gasteiger partial charge on any atom is -0.266 e. The van der Waals surface area contributed by atoms with Gasteiger partial charge in [0.1, 0.15) is 4.88 Å². The molecule has 1 aromatic heterocycles. The summed E-state index contributed by atoms with van der Waals surface area (Å²) in [5, 5.41) is 5.80. The van der Waals surface area contributed by atoms with Gasteiger partial charge in [0.15, 0.2) is 0 Å². The molecule has 0 spiro atoms. The van der Waals surface area contributed by atoms with Crippen LogP contribution in [0.15, 0.2) is 53.6 Å². The molecule has 1 amide bonds. The number of halogens is 1. The van der Waals surface area contributed by atoms with Crippen LogP contribution in [0.4, 0.5) is 0 Å². The van der Waals surface area contributed by atoms with E-state index in [1.807, 2.05) is 55.5 Å². The van der Waals surface area contributed by atoms with Crippen molar-refractivity contribution in [3.63, 3.8) is 0 Å². The minimum atomic E-state index is -0.272. The maximum absolute atomic E-state index is 12.6. The summed E-state index contributed by atoms with van der Waals surface area (Å²) in [6.45, 7) is 6.28. The molecule has 0 fully saturated rings. The molecule has 1 N–H and O–H groups in total. The first kappa shape index (κ1) is 18.6. The Morgan fingerprint density at radius 1 is 1.19 bits per heavy atom. The lowest BCUT2D eigenvalue weighted by Gasteiger charge is -2.09. The fraction of sp³-hybridized carbons (Fsp3) is 0.238. The monoisotopic (exact) mass is 384 g/mol. The Morgan fingerprint density at radius 2 is 1.92 bits per heavy atom. The zero-order valence-electron chi connectivity index (χ0n) is 15.0. The lowest BCUT2D eigenvalue weighted by molar-refractivity contribution is 0.0959. The van der Waals surface area contributed by atoms with Crippen molar-refractivity contribution in [3.05, 3.63) is 69.6 Å². The number of hydrogen-bond donors (Lipinski definition) is 1. The molecule has 0 bridgehead atoms. The van der Waals surface area contributed by atoms with E-state index in [-0.39, 0.29) is 5.91 Å². The Kier molecular flexibility index (Phi) is 5.74. The van der Waals surface area contributed by atoms with Crippen LogP contribution in [0.2, 0.25) is 5.02 Å². The predicted molar refractivity (Wildman–Crippen MR) is 111 cm³/mol. The Bertz CT molecular complexity index is 961. The molecule has 3 rings (SSSR count). The number of hydrogen-bond acceptors (Lipinski definition) is 3. The highest BCUT2D eigenvalue weighted by atomic mass is 35.5. The highest BCUT2D eigenvalue weighted by Gasteiger charge is 2.17. The Labute approximate surface area is 162 Å². The number of nitrogens with zero attached hydrogens (tertiary/aromatic N) is 1. The molecule has 26 heavy (non-hydrogen) atoms. The number of aryl methyl sites for hydroxylation is 1. The van der Waals surface area contributed by atoms with Crippen molar-refractivity contribution < 1.29 is 4.79 Å². The number of benzene rings is 2. The fourth-order valence-electron chi connectivity index (χ4n) is 2.73. The van der Waals surface area contributed by atoms with E-state index >= 15 is 0 Å². The van der Waals surface area contributed by atoms with E-state index in [0.717, 1.165) is 33.3 Å². The van der Waals surface area contributed by atoms with E-state index < -0.39 is 0 Å². The molecule has 0 saturated carbocycles. The van der Waals surface area contributed by atoms with Gasteiger partial charge in [-0.05, 0) is 36.5 Å². The van der Waals surface area contributed by atoms with Gasteiger partial charge < -0.3 is 0 Å². The lowest BCUT2D eigenvalue weighted by Crippen LogP contribution is -2.20. The van der Waals surface area contributed by atoms with Crippen LogP contribution in [0.5, 0.6) is 0 Å². The van der Waals surface area contributed by atoms with E-state index in [2.05, 4.69) is 24.4 Å². The van der Waals surface area contributed by atoms with Crippen LogP contribution in [0.25, 0.3) is 10.1 Å². The van der Waals surface area contributed by atoms with Crippen molar-refractivity contribution in [2.45, 2.75) is 27.2 Å². The zero-order valence-corrected chi connectivity index (χ0v) is 16.6. The van der Waals surface area contributed by atoms with E-state index in [9.17, 15) is 4.79 Å². The molecule has 0 unspecified atom stereocenters. The van der Waals surface area contributed by atoms with Gasteiger partial charge in [-0.2, -0.15) is 5.10 Å². The fourth-order valence-corrected chi connectivity index (χ4v) is 4.24. The quantitative estimate of drug-likeness (QED) is 0.422. The Balaban J connectivity index is 1.88. The number of hydrazone groups is 1. The van der Waals surface area contributed by atoms with Crippen LogP contribution in [0.3, 0.4) is 0 Å². The summed E-state index contributed by atoms with van der Waals surface area (Å²) in [5.74, 6) is 0.160. The van der Waals surface area contributed by atoms with E-state index in [4.69, 9.17) is 11.6 Å². The Morgan fingerprint density at radius 3 is 2.62 bits per heavy atom. The topological polar surface area (TPSA) is 41.5 Å². The molecule has 0 aliphatic carbocycles. The molecule has 0 saturated heterocycles. The summed E-state index contributed by atoms with van der Waals surface area (Å²) in [7, 11) is 0. The molecule has 0 aliphatic heterocycles. The molecule has 2 aromatic carbocycles. The van der Waals surface area contributed by atoms with Gasteiger partial charge >= 0.3 is 0 Å². The van der Waals surface area contributed by atoms with E-state index in [1.165, 1.54) is 11.3 Å². The van der Waals surface area contributed by atoms with E-state index in [1.54, 1.807) is 0 Å². The summed E-state index contributed by atoms with van der Waals surface area (Å²) in [5.41, 5.74) is 5.71. The van der Waals surface area contributed by atoms with Crippen molar-refractivity contribution in [2.75, 3.05) is 0 Å². The normalized spacial score (nSPS) is 12.0. The molecule has 3 aromatic rings. The van der Waals surface area contributed by atoms with Gasteiger partial charge in [0.25, 0.3) is 5.91 Å². The summed E-state index contributed by atoms with van der Waals surface area (Å²) in [6, 6.07) is 15.9. The molecule has 5 heteroatoms. The van der Waals surface area contributed by atoms with Crippen LogP contribution >= 0.6 is 22.9 Å². The van der Waals surface area contributed by atoms with Gasteiger partial charge in [-0.15, -0.1) is 11.3 Å². The molecule has 1 heterocycles. The predicted octanol–water partition coefficient (Wildman–Crippen LogP) is 6.04. The van der Waals surface area contributed by atoms with Crippen molar-refractivity contribution >= 4 is 44.6 Å². The summed E-state index contributed by atoms with van der Waals surface area (Å²) in [4.78, 5) is 13.1. The van der Waals surface area contributed by atoms with Crippen LogP contribution in [-0.4, -0.2) is 11.6 Å². The molecule has 0 radical (unpaired) electrons. The van der Waals surface area contributed by atoms with E-state index in [0.29, 0.717) is 15.8 Å². The Hall–Kier alpha value is -2.17. The molecular formula is C21H21ClN2OS. The second-order valence-electron chi connectivity index (χ2n) is 6.71. The highest BCUT2D eigenvalue weighted by Crippen LogP contribution is 2.35. The number of carbonyl (C=O) groups is 1. The van der Waals surface area contributed by atoms with Crippen LogP contribution in [0, 0.1) is 12.8 Å². The molecule has 134 valence electrons. The molecular weight excluding hydrogens is 364 g/mol. The first-order valence-electron chi connectivity index (χ1n) is 8.56. The van der Waals surface area contributed by atoms with Crippen LogP contribution < -0.4 is 5.43 Å². The second-order valence-corrected chi connectivity index (χ2v) is 8.14. The van der Waals surface area contributed by atoms with Gasteiger partial charge in [0.2, 0.25) is 0 Å². The van der Waals surface area contributed by atoms with Crippen LogP contribution in [-0.2, 0) is 0 Å². The van der Waals surface area contributed by atoms with Crippen molar-refractivity contribution in [2.24, 2.45) is 11.0 Å². The number of thiophene rings is 1. The summed E-state index contributed by atoms with van der Waals surface area (Å²) < 4.78 is 1.01. The summed E-state index contributed by atoms with van der Waals surface area (Å²) >= 11 is 7.82. The molecule has 0 aliphatic rings. The van der Waals surface area contributed by atoms with Crippen molar-refractivity contribution in [1.82, 2.24) is 5.43 Å². The average molecular weight is 385 g/mol. The van der Waals surface area contributed by atoms with Gasteiger partial charge in [-0.1, -0.05) is 67.9 Å². The molecule has 3 nitrogen and oxygen atoms in total. The third-order valence-electron chi connectivity index (χ3n) is 3.99. The lowest BCUT2D eigenvalue weighted by atomic mass is 10.0. The van der Waals surface area contributed by atoms with Gasteiger partial charge in [-0.25, -0.2) is 5.43 Å². The SMILES string of the molecule is Cc1ccc2c(Cl)c(C(=O)NN=C(CC(C)C)c3ccccc3)sc2c1. The maximum atomic E-state index is 12.6. The minimum absolute atomic E-state index is 0.272. The van der Waals surface area contributed by atoms with Gasteiger partial charge in [0, 0.05) is 10.1 Å². The highest BCUT2D eigenvalue weighted by molar-refractivity contribution is 7.21. The zero-order chi connectivity index (χ0) is 18.7. The van der Waals surface area contributed by atoms with Crippen molar-refractivity contribution in [1.29, 1.82) is 0 Å². The largest absolute Gasteiger partial charge is 0.283 e. The standard InChI is InChI=1S/C21H21ClN2OS/c1-13(2)11-17(15-7-5-4-6-8-15)23-24-21(25)20-19(22)16-10-9-14(3)12-18(16)26-20/h4-10,12-13H,11H2,1-3H3,(H,24,25). The first-order valence-corrected chi connectivity index (χ1v) is 9.76. The smallest absolute Gasteiger partial charge is 0.266 e. The number of carbonyl (C=O) groups excluding carboxylic acids is 1. The third kappa shape index (κ3) is 4.14. The number of rotatable bonds is 5. The van der Waals surface area contributed by atoms with Gasteiger partial charge in [0.05, 0.1) is 10.7 Å². The van der Waals surface area contributed by atoms with Crippen LogP contribution in [0.1, 0.15) is 41.1 Å².